The number of nitriles is 1. The van der Waals surface area contributed by atoms with Gasteiger partial charge >= 0.3 is 0 Å². The lowest BCUT2D eigenvalue weighted by Gasteiger charge is -2.09. The van der Waals surface area contributed by atoms with Crippen LogP contribution in [0.1, 0.15) is 16.7 Å². The maximum absolute atomic E-state index is 13.8. The van der Waals surface area contributed by atoms with Crippen molar-refractivity contribution in [2.75, 3.05) is 0 Å². The molecule has 3 nitrogen and oxygen atoms in total. The molecular weight excluding hydrogens is 264 g/mol. The van der Waals surface area contributed by atoms with Crippen LogP contribution in [0.2, 0.25) is 0 Å². The molecule has 2 rings (SSSR count). The number of nitrogens with zero attached hydrogens (tertiary/aromatic N) is 1. The first-order chi connectivity index (χ1) is 9.65. The van der Waals surface area contributed by atoms with E-state index in [0.717, 1.165) is 6.07 Å². The Bertz CT molecular complexity index is 665. The number of ether oxygens (including phenoxy) is 1. The Kier molecular flexibility index (Phi) is 4.28. The van der Waals surface area contributed by atoms with E-state index < -0.39 is 11.6 Å². The van der Waals surface area contributed by atoms with Gasteiger partial charge in [0.1, 0.15) is 18.5 Å². The highest BCUT2D eigenvalue weighted by Crippen LogP contribution is 2.21. The van der Waals surface area contributed by atoms with Crippen molar-refractivity contribution in [1.82, 2.24) is 0 Å². The highest BCUT2D eigenvalue weighted by Gasteiger charge is 2.10. The Morgan fingerprint density at radius 3 is 2.65 bits per heavy atom. The summed E-state index contributed by atoms with van der Waals surface area (Å²) < 4.78 is 32.6. The van der Waals surface area contributed by atoms with Crippen molar-refractivity contribution in [2.45, 2.75) is 13.2 Å². The summed E-state index contributed by atoms with van der Waals surface area (Å²) in [4.78, 5) is 0. The molecule has 0 aliphatic heterocycles. The highest BCUT2D eigenvalue weighted by molar-refractivity contribution is 5.35. The molecule has 0 aliphatic rings. The second-order valence-corrected chi connectivity index (χ2v) is 4.10. The van der Waals surface area contributed by atoms with Crippen LogP contribution in [0.4, 0.5) is 8.78 Å². The topological polar surface area (TPSA) is 53.2 Å². The van der Waals surface area contributed by atoms with E-state index >= 15 is 0 Å². The van der Waals surface area contributed by atoms with E-state index in [1.54, 1.807) is 6.07 Å². The third-order valence-electron chi connectivity index (χ3n) is 2.76. The summed E-state index contributed by atoms with van der Waals surface area (Å²) in [6.45, 7) is -0.452. The van der Waals surface area contributed by atoms with Gasteiger partial charge in [0.2, 0.25) is 0 Å². The van der Waals surface area contributed by atoms with Crippen molar-refractivity contribution < 1.29 is 18.6 Å². The Morgan fingerprint density at radius 1 is 1.20 bits per heavy atom. The normalized spacial score (nSPS) is 10.1. The molecule has 0 radical (unpaired) electrons. The van der Waals surface area contributed by atoms with Crippen molar-refractivity contribution in [2.24, 2.45) is 0 Å². The number of hydrogen-bond donors (Lipinski definition) is 1. The van der Waals surface area contributed by atoms with Gasteiger partial charge in [0, 0.05) is 5.56 Å². The van der Waals surface area contributed by atoms with Crippen LogP contribution in [-0.4, -0.2) is 5.11 Å². The Labute approximate surface area is 114 Å². The third-order valence-corrected chi connectivity index (χ3v) is 2.76. The summed E-state index contributed by atoms with van der Waals surface area (Å²) in [5, 5.41) is 17.6. The van der Waals surface area contributed by atoms with Crippen molar-refractivity contribution in [3.05, 3.63) is 64.7 Å². The zero-order valence-electron chi connectivity index (χ0n) is 10.4. The zero-order chi connectivity index (χ0) is 14.5. The average Bonchev–Trinajstić information content (AvgIpc) is 2.47. The molecule has 2 aromatic carbocycles. The number of rotatable bonds is 4. The van der Waals surface area contributed by atoms with Crippen molar-refractivity contribution in [3.8, 4) is 11.8 Å². The van der Waals surface area contributed by atoms with Gasteiger partial charge in [-0.1, -0.05) is 18.2 Å². The van der Waals surface area contributed by atoms with Gasteiger partial charge in [0.25, 0.3) is 0 Å². The van der Waals surface area contributed by atoms with Crippen LogP contribution in [0.15, 0.2) is 36.4 Å². The van der Waals surface area contributed by atoms with Crippen LogP contribution in [0, 0.1) is 23.0 Å². The van der Waals surface area contributed by atoms with Crippen molar-refractivity contribution in [3.63, 3.8) is 0 Å². The minimum atomic E-state index is -0.664. The molecule has 5 heteroatoms. The van der Waals surface area contributed by atoms with Crippen LogP contribution < -0.4 is 4.74 Å². The maximum atomic E-state index is 13.8. The van der Waals surface area contributed by atoms with Gasteiger partial charge in [0.05, 0.1) is 12.2 Å². The fourth-order valence-corrected chi connectivity index (χ4v) is 1.69. The molecule has 0 aromatic heterocycles. The van der Waals surface area contributed by atoms with E-state index in [0.29, 0.717) is 5.56 Å². The summed E-state index contributed by atoms with van der Waals surface area (Å²) in [6, 6.07) is 10.1. The first kappa shape index (κ1) is 14.0. The van der Waals surface area contributed by atoms with Gasteiger partial charge in [-0.15, -0.1) is 0 Å². The molecule has 0 bridgehead atoms. The second kappa shape index (κ2) is 6.13. The minimum Gasteiger partial charge on any atom is -0.486 e. The summed E-state index contributed by atoms with van der Waals surface area (Å²) in [7, 11) is 0. The number of aliphatic hydroxyl groups is 1. The van der Waals surface area contributed by atoms with Gasteiger partial charge < -0.3 is 9.84 Å². The van der Waals surface area contributed by atoms with Gasteiger partial charge in [-0.2, -0.15) is 5.26 Å². The molecule has 0 saturated carbocycles. The Balaban J connectivity index is 2.15. The summed E-state index contributed by atoms with van der Waals surface area (Å²) >= 11 is 0. The monoisotopic (exact) mass is 275 g/mol. The molecule has 2 aromatic rings. The molecule has 102 valence electrons. The molecule has 1 N–H and O–H groups in total. The highest BCUT2D eigenvalue weighted by atomic mass is 19.1. The summed E-state index contributed by atoms with van der Waals surface area (Å²) in [5.74, 6) is -1.33. The molecular formula is C15H11F2NO2. The lowest BCUT2D eigenvalue weighted by molar-refractivity contribution is 0.275. The standard InChI is InChI=1S/C15H11F2NO2/c16-13-6-10(8-19)4-5-14(13)20-9-12-3-1-2-11(7-18)15(12)17/h1-6,19H,8-9H2. The zero-order valence-corrected chi connectivity index (χ0v) is 10.4. The van der Waals surface area contributed by atoms with E-state index in [1.807, 2.05) is 0 Å². The molecule has 0 fully saturated rings. The molecule has 0 heterocycles. The van der Waals surface area contributed by atoms with Gasteiger partial charge in [-0.3, -0.25) is 0 Å². The molecule has 0 spiro atoms. The summed E-state index contributed by atoms with van der Waals surface area (Å²) in [6.07, 6.45) is 0. The number of aliphatic hydroxyl groups excluding tert-OH is 1. The van der Waals surface area contributed by atoms with Gasteiger partial charge in [-0.25, -0.2) is 8.78 Å². The van der Waals surface area contributed by atoms with Gasteiger partial charge in [-0.05, 0) is 23.8 Å². The van der Waals surface area contributed by atoms with E-state index in [9.17, 15) is 8.78 Å². The van der Waals surface area contributed by atoms with Crippen molar-refractivity contribution in [1.29, 1.82) is 5.26 Å². The van der Waals surface area contributed by atoms with Crippen LogP contribution in [0.5, 0.6) is 5.75 Å². The molecule has 0 atom stereocenters. The predicted octanol–water partition coefficient (Wildman–Crippen LogP) is 2.91. The lowest BCUT2D eigenvalue weighted by atomic mass is 10.1. The molecule has 0 saturated heterocycles. The molecule has 0 amide bonds. The van der Waals surface area contributed by atoms with E-state index in [4.69, 9.17) is 15.1 Å². The largest absolute Gasteiger partial charge is 0.486 e. The van der Waals surface area contributed by atoms with E-state index in [-0.39, 0.29) is 30.1 Å². The fourth-order valence-electron chi connectivity index (χ4n) is 1.69. The number of halogens is 2. The quantitative estimate of drug-likeness (QED) is 0.933. The number of benzene rings is 2. The van der Waals surface area contributed by atoms with E-state index in [2.05, 4.69) is 0 Å². The molecule has 20 heavy (non-hydrogen) atoms. The van der Waals surface area contributed by atoms with Gasteiger partial charge in [0.15, 0.2) is 11.6 Å². The second-order valence-electron chi connectivity index (χ2n) is 4.10. The third kappa shape index (κ3) is 2.92. The Morgan fingerprint density at radius 2 is 2.00 bits per heavy atom. The van der Waals surface area contributed by atoms with Crippen LogP contribution >= 0.6 is 0 Å². The lowest BCUT2D eigenvalue weighted by Crippen LogP contribution is -2.02. The predicted molar refractivity (Wildman–Crippen MR) is 67.8 cm³/mol. The van der Waals surface area contributed by atoms with Crippen LogP contribution in [-0.2, 0) is 13.2 Å². The number of hydrogen-bond acceptors (Lipinski definition) is 3. The molecule has 0 aliphatic carbocycles. The van der Waals surface area contributed by atoms with Crippen molar-refractivity contribution >= 4 is 0 Å². The fraction of sp³-hybridized carbons (Fsp3) is 0.133. The SMILES string of the molecule is N#Cc1cccc(COc2ccc(CO)cc2F)c1F. The molecule has 0 unspecified atom stereocenters. The summed E-state index contributed by atoms with van der Waals surface area (Å²) in [5.41, 5.74) is 0.518. The minimum absolute atomic E-state index is 0.0380. The first-order valence-corrected chi connectivity index (χ1v) is 5.85. The average molecular weight is 275 g/mol. The van der Waals surface area contributed by atoms with Crippen LogP contribution in [0.25, 0.3) is 0 Å². The Hall–Kier alpha value is -2.45. The van der Waals surface area contributed by atoms with Crippen LogP contribution in [0.3, 0.4) is 0 Å². The first-order valence-electron chi connectivity index (χ1n) is 5.85. The maximum Gasteiger partial charge on any atom is 0.165 e. The van der Waals surface area contributed by atoms with E-state index in [1.165, 1.54) is 30.3 Å². The smallest absolute Gasteiger partial charge is 0.165 e.